The Balaban J connectivity index is 1.91. The molecule has 2 N–H and O–H groups in total. The molecular formula is C16H15N5O3. The maximum absolute atomic E-state index is 10.0. The first-order valence-corrected chi connectivity index (χ1v) is 7.02. The van der Waals surface area contributed by atoms with Crippen molar-refractivity contribution in [2.24, 2.45) is 0 Å². The van der Waals surface area contributed by atoms with Crippen LogP contribution in [0.2, 0.25) is 0 Å². The summed E-state index contributed by atoms with van der Waals surface area (Å²) in [7, 11) is 2.95. The third-order valence-corrected chi connectivity index (χ3v) is 3.23. The van der Waals surface area contributed by atoms with Crippen molar-refractivity contribution < 1.29 is 14.6 Å². The zero-order valence-corrected chi connectivity index (χ0v) is 13.1. The minimum absolute atomic E-state index is 0.0530. The quantitative estimate of drug-likeness (QED) is 0.737. The molecular weight excluding hydrogens is 310 g/mol. The van der Waals surface area contributed by atoms with Crippen molar-refractivity contribution in [3.8, 4) is 28.6 Å². The van der Waals surface area contributed by atoms with Crippen LogP contribution in [0.4, 0.5) is 11.6 Å². The Morgan fingerprint density at radius 1 is 1.04 bits per heavy atom. The first-order valence-electron chi connectivity index (χ1n) is 7.02. The van der Waals surface area contributed by atoms with Crippen LogP contribution in [0.25, 0.3) is 11.4 Å². The number of nitrogens with one attached hydrogen (secondary N) is 1. The molecule has 0 bridgehead atoms. The summed E-state index contributed by atoms with van der Waals surface area (Å²) in [5.74, 6) is 1.45. The zero-order valence-electron chi connectivity index (χ0n) is 13.1. The molecule has 0 atom stereocenters. The summed E-state index contributed by atoms with van der Waals surface area (Å²) >= 11 is 0. The van der Waals surface area contributed by atoms with E-state index in [0.29, 0.717) is 23.2 Å². The standard InChI is InChI=1S/C16H15N5O3/c1-23-13-8-11(7-12(22)14(13)24-2)20-16-19-9-18-15(21-16)10-3-5-17-6-4-10/h3-9,22H,1-2H3,(H,18,19,20,21). The van der Waals surface area contributed by atoms with Gasteiger partial charge in [-0.05, 0) is 12.1 Å². The summed E-state index contributed by atoms with van der Waals surface area (Å²) in [6.45, 7) is 0. The van der Waals surface area contributed by atoms with E-state index in [1.807, 2.05) is 0 Å². The fourth-order valence-electron chi connectivity index (χ4n) is 2.14. The van der Waals surface area contributed by atoms with Crippen molar-refractivity contribution in [1.82, 2.24) is 19.9 Å². The van der Waals surface area contributed by atoms with Crippen LogP contribution in [0.15, 0.2) is 43.0 Å². The van der Waals surface area contributed by atoms with Crippen LogP contribution in [0.5, 0.6) is 17.2 Å². The molecule has 0 fully saturated rings. The van der Waals surface area contributed by atoms with Crippen molar-refractivity contribution in [2.45, 2.75) is 0 Å². The molecule has 24 heavy (non-hydrogen) atoms. The van der Waals surface area contributed by atoms with Crippen molar-refractivity contribution in [1.29, 1.82) is 0 Å². The number of nitrogens with zero attached hydrogens (tertiary/aromatic N) is 4. The Kier molecular flexibility index (Phi) is 4.37. The number of hydrogen-bond donors (Lipinski definition) is 2. The molecule has 0 aliphatic carbocycles. The molecule has 8 nitrogen and oxygen atoms in total. The lowest BCUT2D eigenvalue weighted by Crippen LogP contribution is -2.01. The molecule has 2 heterocycles. The van der Waals surface area contributed by atoms with Crippen LogP contribution in [-0.4, -0.2) is 39.3 Å². The van der Waals surface area contributed by atoms with Gasteiger partial charge in [0.25, 0.3) is 0 Å². The second kappa shape index (κ2) is 6.78. The SMILES string of the molecule is COc1cc(Nc2ncnc(-c3ccncc3)n2)cc(O)c1OC. The van der Waals surface area contributed by atoms with Crippen LogP contribution >= 0.6 is 0 Å². The molecule has 0 saturated heterocycles. The number of methoxy groups -OCH3 is 2. The average Bonchev–Trinajstić information content (AvgIpc) is 2.62. The van der Waals surface area contributed by atoms with Gasteiger partial charge in [0.1, 0.15) is 6.33 Å². The zero-order chi connectivity index (χ0) is 16.9. The Bertz CT molecular complexity index is 842. The van der Waals surface area contributed by atoms with E-state index in [0.717, 1.165) is 5.56 Å². The van der Waals surface area contributed by atoms with E-state index in [4.69, 9.17) is 9.47 Å². The molecule has 0 spiro atoms. The van der Waals surface area contributed by atoms with Gasteiger partial charge in [0, 0.05) is 35.8 Å². The highest BCUT2D eigenvalue weighted by Gasteiger charge is 2.12. The van der Waals surface area contributed by atoms with E-state index in [1.165, 1.54) is 26.6 Å². The monoisotopic (exact) mass is 325 g/mol. The maximum atomic E-state index is 10.0. The van der Waals surface area contributed by atoms with E-state index >= 15 is 0 Å². The lowest BCUT2D eigenvalue weighted by atomic mass is 10.2. The van der Waals surface area contributed by atoms with Crippen molar-refractivity contribution in [3.63, 3.8) is 0 Å². The normalized spacial score (nSPS) is 10.2. The summed E-state index contributed by atoms with van der Waals surface area (Å²) < 4.78 is 10.3. The second-order valence-corrected chi connectivity index (χ2v) is 4.72. The molecule has 0 saturated carbocycles. The largest absolute Gasteiger partial charge is 0.504 e. The molecule has 0 radical (unpaired) electrons. The van der Waals surface area contributed by atoms with Gasteiger partial charge in [-0.3, -0.25) is 4.98 Å². The topological polar surface area (TPSA) is 102 Å². The van der Waals surface area contributed by atoms with Gasteiger partial charge in [-0.1, -0.05) is 0 Å². The van der Waals surface area contributed by atoms with E-state index in [2.05, 4.69) is 25.3 Å². The van der Waals surface area contributed by atoms with Crippen LogP contribution in [0.1, 0.15) is 0 Å². The second-order valence-electron chi connectivity index (χ2n) is 4.72. The molecule has 0 unspecified atom stereocenters. The summed E-state index contributed by atoms with van der Waals surface area (Å²) in [5.41, 5.74) is 1.38. The number of aromatic hydroxyl groups is 1. The lowest BCUT2D eigenvalue weighted by molar-refractivity contribution is 0.333. The predicted molar refractivity (Wildman–Crippen MR) is 87.6 cm³/mol. The Labute approximate surface area is 138 Å². The number of anilines is 2. The molecule has 0 aliphatic rings. The van der Waals surface area contributed by atoms with Gasteiger partial charge in [-0.2, -0.15) is 4.98 Å². The first-order chi connectivity index (χ1) is 11.7. The minimum atomic E-state index is -0.0530. The summed E-state index contributed by atoms with van der Waals surface area (Å²) in [4.78, 5) is 16.5. The number of phenols is 1. The fourth-order valence-corrected chi connectivity index (χ4v) is 2.14. The highest BCUT2D eigenvalue weighted by atomic mass is 16.5. The van der Waals surface area contributed by atoms with Crippen molar-refractivity contribution in [2.75, 3.05) is 19.5 Å². The number of aromatic nitrogens is 4. The molecule has 1 aromatic carbocycles. The number of phenolic OH excluding ortho intramolecular Hbond substituents is 1. The van der Waals surface area contributed by atoms with Crippen LogP contribution in [0, 0.1) is 0 Å². The summed E-state index contributed by atoms with van der Waals surface area (Å²) in [6, 6.07) is 6.79. The number of pyridine rings is 1. The highest BCUT2D eigenvalue weighted by Crippen LogP contribution is 2.39. The van der Waals surface area contributed by atoms with Crippen molar-refractivity contribution in [3.05, 3.63) is 43.0 Å². The lowest BCUT2D eigenvalue weighted by Gasteiger charge is -2.12. The molecule has 2 aromatic heterocycles. The number of hydrogen-bond acceptors (Lipinski definition) is 8. The van der Waals surface area contributed by atoms with Crippen LogP contribution < -0.4 is 14.8 Å². The van der Waals surface area contributed by atoms with Gasteiger partial charge in [0.15, 0.2) is 17.3 Å². The van der Waals surface area contributed by atoms with Gasteiger partial charge >= 0.3 is 0 Å². The minimum Gasteiger partial charge on any atom is -0.504 e. The van der Waals surface area contributed by atoms with E-state index in [1.54, 1.807) is 30.6 Å². The average molecular weight is 325 g/mol. The van der Waals surface area contributed by atoms with Gasteiger partial charge in [0.05, 0.1) is 14.2 Å². The summed E-state index contributed by atoms with van der Waals surface area (Å²) in [5, 5.41) is 13.0. The summed E-state index contributed by atoms with van der Waals surface area (Å²) in [6.07, 6.45) is 4.74. The van der Waals surface area contributed by atoms with Crippen LogP contribution in [-0.2, 0) is 0 Å². The molecule has 3 aromatic rings. The maximum Gasteiger partial charge on any atom is 0.230 e. The third-order valence-electron chi connectivity index (χ3n) is 3.23. The van der Waals surface area contributed by atoms with E-state index in [-0.39, 0.29) is 11.5 Å². The Hall–Kier alpha value is -3.42. The van der Waals surface area contributed by atoms with Gasteiger partial charge in [0.2, 0.25) is 11.7 Å². The van der Waals surface area contributed by atoms with Crippen LogP contribution in [0.3, 0.4) is 0 Å². The van der Waals surface area contributed by atoms with Gasteiger partial charge < -0.3 is 19.9 Å². The number of ether oxygens (including phenoxy) is 2. The molecule has 0 amide bonds. The molecule has 8 heteroatoms. The first kappa shape index (κ1) is 15.5. The van der Waals surface area contributed by atoms with Gasteiger partial charge in [-0.25, -0.2) is 9.97 Å². The smallest absolute Gasteiger partial charge is 0.230 e. The Morgan fingerprint density at radius 3 is 2.54 bits per heavy atom. The van der Waals surface area contributed by atoms with Crippen molar-refractivity contribution >= 4 is 11.6 Å². The third kappa shape index (κ3) is 3.17. The highest BCUT2D eigenvalue weighted by molar-refractivity contribution is 5.66. The Morgan fingerprint density at radius 2 is 1.83 bits per heavy atom. The van der Waals surface area contributed by atoms with E-state index in [9.17, 15) is 5.11 Å². The molecule has 122 valence electrons. The van der Waals surface area contributed by atoms with E-state index < -0.39 is 0 Å². The number of benzene rings is 1. The van der Waals surface area contributed by atoms with Gasteiger partial charge in [-0.15, -0.1) is 0 Å². The number of rotatable bonds is 5. The molecule has 0 aliphatic heterocycles. The fraction of sp³-hybridized carbons (Fsp3) is 0.125. The molecule has 3 rings (SSSR count). The predicted octanol–water partition coefficient (Wildman–Crippen LogP) is 2.40.